The summed E-state index contributed by atoms with van der Waals surface area (Å²) >= 11 is 3.27. The van der Waals surface area contributed by atoms with Gasteiger partial charge in [-0.15, -0.1) is 0 Å². The molecule has 1 heterocycles. The lowest BCUT2D eigenvalue weighted by atomic mass is 9.93. The first-order valence-corrected chi connectivity index (χ1v) is 8.76. The first-order valence-electron chi connectivity index (χ1n) is 6.49. The highest BCUT2D eigenvalue weighted by Gasteiger charge is 2.36. The van der Waals surface area contributed by atoms with Gasteiger partial charge in [0.15, 0.2) is 0 Å². The second-order valence-corrected chi connectivity index (χ2v) is 7.49. The first-order chi connectivity index (χ1) is 9.92. The van der Waals surface area contributed by atoms with Crippen molar-refractivity contribution >= 4 is 26.0 Å². The molecule has 0 saturated carbocycles. The Bertz CT molecular complexity index is 599. The van der Waals surface area contributed by atoms with Gasteiger partial charge in [0.25, 0.3) is 0 Å². The molecule has 0 atom stereocenters. The van der Waals surface area contributed by atoms with Crippen molar-refractivity contribution < 1.29 is 23.0 Å². The number of hydrogen-bond donors (Lipinski definition) is 2. The smallest absolute Gasteiger partial charge is 0.241 e. The van der Waals surface area contributed by atoms with Crippen molar-refractivity contribution in [3.63, 3.8) is 0 Å². The highest BCUT2D eigenvalue weighted by molar-refractivity contribution is 9.10. The molecule has 6 nitrogen and oxygen atoms in total. The molecule has 0 amide bonds. The average Bonchev–Trinajstić information content (AvgIpc) is 2.47. The van der Waals surface area contributed by atoms with E-state index in [2.05, 4.69) is 20.7 Å². The van der Waals surface area contributed by atoms with E-state index >= 15 is 0 Å². The van der Waals surface area contributed by atoms with Crippen LogP contribution in [0.2, 0.25) is 0 Å². The van der Waals surface area contributed by atoms with Gasteiger partial charge >= 0.3 is 0 Å². The molecular weight excluding hydrogens is 362 g/mol. The minimum Gasteiger partial charge on any atom is -0.496 e. The summed E-state index contributed by atoms with van der Waals surface area (Å²) in [6.45, 7) is 0.595. The lowest BCUT2D eigenvalue weighted by molar-refractivity contribution is 0.0223. The maximum atomic E-state index is 12.5. The molecule has 21 heavy (non-hydrogen) atoms. The number of halogens is 1. The molecule has 1 fully saturated rings. The Balaban J connectivity index is 2.27. The number of sulfonamides is 1. The number of aliphatic hydroxyl groups is 1. The van der Waals surface area contributed by atoms with Crippen molar-refractivity contribution in [2.24, 2.45) is 0 Å². The van der Waals surface area contributed by atoms with Gasteiger partial charge in [0.05, 0.1) is 28.6 Å². The van der Waals surface area contributed by atoms with Gasteiger partial charge in [-0.2, -0.15) is 0 Å². The van der Waals surface area contributed by atoms with Crippen LogP contribution in [0.3, 0.4) is 0 Å². The van der Waals surface area contributed by atoms with Crippen molar-refractivity contribution in [3.05, 3.63) is 22.7 Å². The lowest BCUT2D eigenvalue weighted by Gasteiger charge is -2.35. The van der Waals surface area contributed by atoms with Crippen LogP contribution in [0, 0.1) is 0 Å². The van der Waals surface area contributed by atoms with Crippen LogP contribution in [-0.2, 0) is 14.8 Å². The summed E-state index contributed by atoms with van der Waals surface area (Å²) in [5.74, 6) is 0.553. The Labute approximate surface area is 132 Å². The molecule has 0 bridgehead atoms. The molecule has 118 valence electrons. The van der Waals surface area contributed by atoms with Gasteiger partial charge in [-0.25, -0.2) is 13.1 Å². The third-order valence-electron chi connectivity index (χ3n) is 3.54. The number of aliphatic hydroxyl groups excluding tert-OH is 1. The summed E-state index contributed by atoms with van der Waals surface area (Å²) in [6.07, 6.45) is 0.889. The van der Waals surface area contributed by atoms with E-state index in [0.29, 0.717) is 36.3 Å². The Kier molecular flexibility index (Phi) is 5.26. The number of benzene rings is 1. The number of methoxy groups -OCH3 is 1. The Morgan fingerprint density at radius 2 is 2.10 bits per heavy atom. The number of ether oxygens (including phenoxy) is 2. The third kappa shape index (κ3) is 3.75. The summed E-state index contributed by atoms with van der Waals surface area (Å²) in [6, 6.07) is 4.52. The van der Waals surface area contributed by atoms with Crippen LogP contribution in [0.25, 0.3) is 0 Å². The summed E-state index contributed by atoms with van der Waals surface area (Å²) in [5.41, 5.74) is -0.858. The van der Waals surface area contributed by atoms with Gasteiger partial charge in [-0.1, -0.05) is 0 Å². The molecule has 1 aromatic rings. The summed E-state index contributed by atoms with van der Waals surface area (Å²) in [7, 11) is -2.22. The lowest BCUT2D eigenvalue weighted by Crippen LogP contribution is -2.54. The first kappa shape index (κ1) is 16.7. The third-order valence-corrected chi connectivity index (χ3v) is 5.73. The fraction of sp³-hybridized carbons (Fsp3) is 0.538. The molecule has 1 saturated heterocycles. The van der Waals surface area contributed by atoms with Crippen molar-refractivity contribution in [2.45, 2.75) is 23.3 Å². The Hall–Kier alpha value is -0.670. The summed E-state index contributed by atoms with van der Waals surface area (Å²) < 4.78 is 38.5. The molecule has 0 radical (unpaired) electrons. The van der Waals surface area contributed by atoms with E-state index < -0.39 is 15.6 Å². The van der Waals surface area contributed by atoms with Crippen LogP contribution in [0.4, 0.5) is 0 Å². The molecule has 1 aliphatic rings. The highest BCUT2D eigenvalue weighted by atomic mass is 79.9. The SMILES string of the molecule is COc1ccc(S(=O)(=O)NC2(CO)CCOCC2)cc1Br. The van der Waals surface area contributed by atoms with E-state index in [4.69, 9.17) is 9.47 Å². The van der Waals surface area contributed by atoms with Gasteiger partial charge in [-0.05, 0) is 47.0 Å². The minimum atomic E-state index is -3.73. The molecule has 8 heteroatoms. The van der Waals surface area contributed by atoms with Crippen molar-refractivity contribution in [3.8, 4) is 5.75 Å². The maximum Gasteiger partial charge on any atom is 0.241 e. The monoisotopic (exact) mass is 379 g/mol. The highest BCUT2D eigenvalue weighted by Crippen LogP contribution is 2.29. The molecule has 0 unspecified atom stereocenters. The largest absolute Gasteiger partial charge is 0.496 e. The number of rotatable bonds is 5. The van der Waals surface area contributed by atoms with Crippen LogP contribution in [0.15, 0.2) is 27.6 Å². The van der Waals surface area contributed by atoms with Gasteiger partial charge in [-0.3, -0.25) is 0 Å². The van der Waals surface area contributed by atoms with E-state index in [1.54, 1.807) is 6.07 Å². The van der Waals surface area contributed by atoms with Gasteiger partial charge in [0, 0.05) is 13.2 Å². The van der Waals surface area contributed by atoms with E-state index in [1.807, 2.05) is 0 Å². The molecular formula is C13H18BrNO5S. The standard InChI is InChI=1S/C13H18BrNO5S/c1-19-12-3-2-10(8-11(12)14)21(17,18)15-13(9-16)4-6-20-7-5-13/h2-3,8,15-16H,4-7,9H2,1H3. The van der Waals surface area contributed by atoms with Gasteiger partial charge < -0.3 is 14.6 Å². The van der Waals surface area contributed by atoms with Crippen LogP contribution >= 0.6 is 15.9 Å². The topological polar surface area (TPSA) is 84.9 Å². The van der Waals surface area contributed by atoms with Gasteiger partial charge in [0.2, 0.25) is 10.0 Å². The fourth-order valence-electron chi connectivity index (χ4n) is 2.21. The second kappa shape index (κ2) is 6.62. The van der Waals surface area contributed by atoms with E-state index in [0.717, 1.165) is 0 Å². The Morgan fingerprint density at radius 1 is 1.43 bits per heavy atom. The molecule has 2 N–H and O–H groups in total. The van der Waals surface area contributed by atoms with Crippen molar-refractivity contribution in [2.75, 3.05) is 26.9 Å². The normalized spacial score (nSPS) is 18.4. The van der Waals surface area contributed by atoms with E-state index in [-0.39, 0.29) is 11.5 Å². The summed E-state index contributed by atoms with van der Waals surface area (Å²) in [4.78, 5) is 0.120. The quantitative estimate of drug-likeness (QED) is 0.804. The zero-order valence-corrected chi connectivity index (χ0v) is 14.0. The molecule has 0 aliphatic carbocycles. The van der Waals surface area contributed by atoms with Crippen LogP contribution < -0.4 is 9.46 Å². The predicted molar refractivity (Wildman–Crippen MR) is 80.9 cm³/mol. The number of nitrogens with one attached hydrogen (secondary N) is 1. The molecule has 2 rings (SSSR count). The van der Waals surface area contributed by atoms with Crippen molar-refractivity contribution in [1.29, 1.82) is 0 Å². The van der Waals surface area contributed by atoms with E-state index in [1.165, 1.54) is 19.2 Å². The van der Waals surface area contributed by atoms with E-state index in [9.17, 15) is 13.5 Å². The maximum absolute atomic E-state index is 12.5. The van der Waals surface area contributed by atoms with Crippen LogP contribution in [-0.4, -0.2) is 46.0 Å². The average molecular weight is 380 g/mol. The molecule has 1 aromatic carbocycles. The second-order valence-electron chi connectivity index (χ2n) is 4.95. The zero-order valence-electron chi connectivity index (χ0n) is 11.6. The van der Waals surface area contributed by atoms with Crippen LogP contribution in [0.1, 0.15) is 12.8 Å². The van der Waals surface area contributed by atoms with Crippen molar-refractivity contribution in [1.82, 2.24) is 4.72 Å². The fourth-order valence-corrected chi connectivity index (χ4v) is 4.38. The molecule has 1 aliphatic heterocycles. The minimum absolute atomic E-state index is 0.120. The predicted octanol–water partition coefficient (Wildman–Crippen LogP) is 1.28. The summed E-state index contributed by atoms with van der Waals surface area (Å²) in [5, 5.41) is 9.58. The van der Waals surface area contributed by atoms with Gasteiger partial charge in [0.1, 0.15) is 5.75 Å². The molecule has 0 spiro atoms. The zero-order chi connectivity index (χ0) is 15.5. The molecule has 0 aromatic heterocycles. The number of hydrogen-bond acceptors (Lipinski definition) is 5. The van der Waals surface area contributed by atoms with Crippen LogP contribution in [0.5, 0.6) is 5.75 Å². The Morgan fingerprint density at radius 3 is 2.62 bits per heavy atom.